The van der Waals surface area contributed by atoms with Crippen LogP contribution in [0.15, 0.2) is 28.9 Å². The van der Waals surface area contributed by atoms with Gasteiger partial charge in [-0.3, -0.25) is 9.36 Å². The molecule has 7 nitrogen and oxygen atoms in total. The first kappa shape index (κ1) is 20.7. The summed E-state index contributed by atoms with van der Waals surface area (Å²) in [5.41, 5.74) is 0.140. The van der Waals surface area contributed by atoms with Gasteiger partial charge in [0.1, 0.15) is 23.0 Å². The van der Waals surface area contributed by atoms with E-state index in [4.69, 9.17) is 9.15 Å². The van der Waals surface area contributed by atoms with Gasteiger partial charge in [-0.25, -0.2) is 4.79 Å². The highest BCUT2D eigenvalue weighted by Crippen LogP contribution is 2.30. The third-order valence-electron chi connectivity index (χ3n) is 5.91. The van der Waals surface area contributed by atoms with Crippen LogP contribution in [-0.4, -0.2) is 28.6 Å². The van der Waals surface area contributed by atoms with Crippen LogP contribution in [0.4, 0.5) is 0 Å². The molecular formula is C22H27N3O4. The van der Waals surface area contributed by atoms with E-state index in [2.05, 4.69) is 19.2 Å². The van der Waals surface area contributed by atoms with Crippen LogP contribution >= 0.6 is 0 Å². The van der Waals surface area contributed by atoms with Gasteiger partial charge < -0.3 is 14.5 Å². The van der Waals surface area contributed by atoms with Crippen molar-refractivity contribution in [3.05, 3.63) is 41.4 Å². The molecule has 1 amide bonds. The Morgan fingerprint density at radius 3 is 2.66 bits per heavy atom. The third kappa shape index (κ3) is 4.21. The number of aryl methyl sites for hydroxylation is 1. The quantitative estimate of drug-likeness (QED) is 0.775. The van der Waals surface area contributed by atoms with Crippen molar-refractivity contribution in [1.82, 2.24) is 9.88 Å². The Labute approximate surface area is 170 Å². The molecule has 0 aliphatic heterocycles. The van der Waals surface area contributed by atoms with Crippen molar-refractivity contribution in [2.24, 2.45) is 11.8 Å². The van der Waals surface area contributed by atoms with Gasteiger partial charge in [0.05, 0.1) is 0 Å². The molecule has 1 aliphatic carbocycles. The minimum Gasteiger partial charge on any atom is -0.449 e. The fourth-order valence-electron chi connectivity index (χ4n) is 3.89. The molecule has 0 aromatic carbocycles. The fourth-order valence-corrected chi connectivity index (χ4v) is 3.89. The van der Waals surface area contributed by atoms with Crippen molar-refractivity contribution < 1.29 is 18.7 Å². The number of carbonyl (C=O) groups is 2. The highest BCUT2D eigenvalue weighted by Gasteiger charge is 2.32. The zero-order valence-corrected chi connectivity index (χ0v) is 17.3. The van der Waals surface area contributed by atoms with Gasteiger partial charge in [-0.1, -0.05) is 26.7 Å². The average molecular weight is 397 g/mol. The molecule has 1 N–H and O–H groups in total. The van der Waals surface area contributed by atoms with Gasteiger partial charge in [0.25, 0.3) is 5.91 Å². The van der Waals surface area contributed by atoms with Crippen molar-refractivity contribution >= 4 is 11.9 Å². The van der Waals surface area contributed by atoms with E-state index >= 15 is 0 Å². The Morgan fingerprint density at radius 1 is 1.31 bits per heavy atom. The average Bonchev–Trinajstić information content (AvgIpc) is 3.32. The van der Waals surface area contributed by atoms with Gasteiger partial charge in [0, 0.05) is 18.4 Å². The van der Waals surface area contributed by atoms with E-state index in [9.17, 15) is 14.9 Å². The maximum Gasteiger partial charge on any atom is 0.343 e. The Kier molecular flexibility index (Phi) is 6.12. The van der Waals surface area contributed by atoms with Crippen molar-refractivity contribution in [3.8, 4) is 12.0 Å². The smallest absolute Gasteiger partial charge is 0.343 e. The summed E-state index contributed by atoms with van der Waals surface area (Å²) >= 11 is 0. The molecule has 0 saturated heterocycles. The minimum absolute atomic E-state index is 0.0514. The Bertz CT molecular complexity index is 923. The zero-order valence-electron chi connectivity index (χ0n) is 17.3. The number of nitrogens with one attached hydrogen (secondary N) is 1. The Balaban J connectivity index is 1.71. The third-order valence-corrected chi connectivity index (χ3v) is 5.91. The van der Waals surface area contributed by atoms with Gasteiger partial charge >= 0.3 is 5.97 Å². The first-order chi connectivity index (χ1) is 13.8. The summed E-state index contributed by atoms with van der Waals surface area (Å²) in [7, 11) is 0. The van der Waals surface area contributed by atoms with Crippen molar-refractivity contribution in [2.45, 2.75) is 59.1 Å². The molecule has 154 valence electrons. The molecule has 0 bridgehead atoms. The SMILES string of the molecule is Cc1oc(-n2cccc2)c(C#N)c1C(=O)O[C@@H](C)C(=O)N[C@@H]1CCC[C@H](C)[C@@H]1C. The number of esters is 1. The largest absolute Gasteiger partial charge is 0.449 e. The highest BCUT2D eigenvalue weighted by atomic mass is 16.5. The number of carbonyl (C=O) groups excluding carboxylic acids is 2. The number of hydrogen-bond acceptors (Lipinski definition) is 5. The van der Waals surface area contributed by atoms with Crippen LogP contribution in [-0.2, 0) is 9.53 Å². The van der Waals surface area contributed by atoms with Crippen LogP contribution in [0.25, 0.3) is 5.88 Å². The Hall–Kier alpha value is -3.01. The van der Waals surface area contributed by atoms with Gasteiger partial charge in [-0.05, 0) is 44.2 Å². The van der Waals surface area contributed by atoms with Crippen LogP contribution in [0.3, 0.4) is 0 Å². The van der Waals surface area contributed by atoms with E-state index in [1.54, 1.807) is 42.9 Å². The second-order valence-corrected chi connectivity index (χ2v) is 7.85. The van der Waals surface area contributed by atoms with Crippen LogP contribution < -0.4 is 5.32 Å². The predicted octanol–water partition coefficient (Wildman–Crippen LogP) is 3.74. The number of furan rings is 1. The zero-order chi connectivity index (χ0) is 21.1. The molecule has 3 rings (SSSR count). The molecule has 2 aromatic heterocycles. The lowest BCUT2D eigenvalue weighted by Crippen LogP contribution is -2.47. The summed E-state index contributed by atoms with van der Waals surface area (Å²) in [6, 6.07) is 5.68. The molecular weight excluding hydrogens is 370 g/mol. The second kappa shape index (κ2) is 8.56. The topological polar surface area (TPSA) is 97.3 Å². The van der Waals surface area contributed by atoms with E-state index in [-0.39, 0.29) is 34.7 Å². The predicted molar refractivity (Wildman–Crippen MR) is 106 cm³/mol. The minimum atomic E-state index is -0.970. The lowest BCUT2D eigenvalue weighted by Gasteiger charge is -2.35. The van der Waals surface area contributed by atoms with E-state index in [1.165, 1.54) is 6.42 Å². The molecule has 1 saturated carbocycles. The molecule has 0 spiro atoms. The molecule has 4 atom stereocenters. The van der Waals surface area contributed by atoms with Crippen molar-refractivity contribution in [1.29, 1.82) is 5.26 Å². The normalized spacial score (nSPS) is 22.5. The highest BCUT2D eigenvalue weighted by molar-refractivity contribution is 5.96. The molecule has 2 aromatic rings. The van der Waals surface area contributed by atoms with E-state index in [0.717, 1.165) is 12.8 Å². The number of nitriles is 1. The fraction of sp³-hybridized carbons (Fsp3) is 0.500. The summed E-state index contributed by atoms with van der Waals surface area (Å²) < 4.78 is 12.6. The van der Waals surface area contributed by atoms with Crippen LogP contribution in [0.5, 0.6) is 0 Å². The lowest BCUT2D eigenvalue weighted by atomic mass is 9.78. The summed E-state index contributed by atoms with van der Waals surface area (Å²) in [6.07, 6.45) is 5.64. The molecule has 0 unspecified atom stereocenters. The van der Waals surface area contributed by atoms with Crippen LogP contribution in [0, 0.1) is 30.1 Å². The maximum absolute atomic E-state index is 12.7. The van der Waals surface area contributed by atoms with Gasteiger partial charge in [0.15, 0.2) is 6.10 Å². The Morgan fingerprint density at radius 2 is 2.00 bits per heavy atom. The van der Waals surface area contributed by atoms with Crippen LogP contribution in [0.2, 0.25) is 0 Å². The van der Waals surface area contributed by atoms with Gasteiger partial charge in [-0.15, -0.1) is 0 Å². The number of hydrogen-bond donors (Lipinski definition) is 1. The standard InChI is InChI=1S/C22H27N3O4/c1-13-8-7-9-18(14(13)2)24-20(26)16(4)29-22(27)19-15(3)28-21(17(19)12-23)25-10-5-6-11-25/h5-6,10-11,13-14,16,18H,7-9H2,1-4H3,(H,24,26)/t13-,14-,16-,18+/m0/s1. The number of aromatic nitrogens is 1. The molecule has 2 heterocycles. The molecule has 1 aliphatic rings. The van der Waals surface area contributed by atoms with E-state index < -0.39 is 12.1 Å². The lowest BCUT2D eigenvalue weighted by molar-refractivity contribution is -0.130. The number of amides is 1. The van der Waals surface area contributed by atoms with E-state index in [1.807, 2.05) is 6.07 Å². The van der Waals surface area contributed by atoms with E-state index in [0.29, 0.717) is 11.8 Å². The second-order valence-electron chi connectivity index (χ2n) is 7.85. The van der Waals surface area contributed by atoms with Crippen molar-refractivity contribution in [2.75, 3.05) is 0 Å². The molecule has 0 radical (unpaired) electrons. The number of nitrogens with zero attached hydrogens (tertiary/aromatic N) is 2. The van der Waals surface area contributed by atoms with Gasteiger partial charge in [-0.2, -0.15) is 5.26 Å². The summed E-state index contributed by atoms with van der Waals surface area (Å²) in [5, 5.41) is 12.6. The first-order valence-electron chi connectivity index (χ1n) is 10.0. The molecule has 7 heteroatoms. The summed E-state index contributed by atoms with van der Waals surface area (Å²) in [5.74, 6) is 0.386. The van der Waals surface area contributed by atoms with Gasteiger partial charge in [0.2, 0.25) is 5.88 Å². The van der Waals surface area contributed by atoms with Crippen molar-refractivity contribution in [3.63, 3.8) is 0 Å². The summed E-state index contributed by atoms with van der Waals surface area (Å²) in [4.78, 5) is 25.3. The summed E-state index contributed by atoms with van der Waals surface area (Å²) in [6.45, 7) is 7.47. The first-order valence-corrected chi connectivity index (χ1v) is 10.0. The molecule has 29 heavy (non-hydrogen) atoms. The van der Waals surface area contributed by atoms with Crippen LogP contribution in [0.1, 0.15) is 61.7 Å². The number of ether oxygens (including phenoxy) is 1. The monoisotopic (exact) mass is 397 g/mol. The number of rotatable bonds is 5. The molecule has 1 fully saturated rings. The maximum atomic E-state index is 12.7.